The number of carboxylic acid groups (broad SMARTS) is 1. The molecule has 7 heteroatoms. The first-order chi connectivity index (χ1) is 9.97. The van der Waals surface area contributed by atoms with E-state index in [0.717, 1.165) is 5.56 Å². The number of nitrogens with two attached hydrogens (primary N) is 1. The highest BCUT2D eigenvalue weighted by Gasteiger charge is 2.17. The van der Waals surface area contributed by atoms with E-state index in [2.05, 4.69) is 5.32 Å². The third-order valence-corrected chi connectivity index (χ3v) is 3.02. The van der Waals surface area contributed by atoms with E-state index in [1.54, 1.807) is 25.3 Å². The van der Waals surface area contributed by atoms with E-state index in [0.29, 0.717) is 18.0 Å². The number of rotatable bonds is 9. The second-order valence-electron chi connectivity index (χ2n) is 4.45. The summed E-state index contributed by atoms with van der Waals surface area (Å²) in [6.07, 6.45) is 0.0174. The molecule has 0 heterocycles. The number of aliphatic carboxylic acids is 1. The molecular weight excluding hydrogens is 276 g/mol. The lowest BCUT2D eigenvalue weighted by Gasteiger charge is -2.16. The fourth-order valence-corrected chi connectivity index (χ4v) is 1.84. The zero-order valence-electron chi connectivity index (χ0n) is 12.1. The van der Waals surface area contributed by atoms with Gasteiger partial charge in [0.05, 0.1) is 20.3 Å². The van der Waals surface area contributed by atoms with Gasteiger partial charge in [-0.3, -0.25) is 9.59 Å². The minimum atomic E-state index is -0.968. The van der Waals surface area contributed by atoms with Crippen LogP contribution < -0.4 is 20.5 Å². The molecule has 0 aliphatic carbocycles. The molecule has 21 heavy (non-hydrogen) atoms. The van der Waals surface area contributed by atoms with Crippen LogP contribution in [0, 0.1) is 0 Å². The Hall–Kier alpha value is -2.28. The Morgan fingerprint density at radius 1 is 1.33 bits per heavy atom. The molecule has 116 valence electrons. The van der Waals surface area contributed by atoms with Crippen molar-refractivity contribution < 1.29 is 24.2 Å². The van der Waals surface area contributed by atoms with E-state index in [-0.39, 0.29) is 12.8 Å². The maximum atomic E-state index is 11.3. The van der Waals surface area contributed by atoms with Crippen molar-refractivity contribution >= 4 is 11.9 Å². The molecule has 1 rings (SSSR count). The fraction of sp³-hybridized carbons (Fsp3) is 0.429. The largest absolute Gasteiger partial charge is 0.497 e. The van der Waals surface area contributed by atoms with Crippen LogP contribution in [0.25, 0.3) is 0 Å². The first kappa shape index (κ1) is 16.8. The summed E-state index contributed by atoms with van der Waals surface area (Å²) < 4.78 is 10.3. The van der Waals surface area contributed by atoms with Crippen molar-refractivity contribution in [1.29, 1.82) is 0 Å². The van der Waals surface area contributed by atoms with Crippen LogP contribution in [0.2, 0.25) is 0 Å². The summed E-state index contributed by atoms with van der Waals surface area (Å²) in [5.74, 6) is -0.273. The predicted octanol–water partition coefficient (Wildman–Crippen LogP) is 0.512. The van der Waals surface area contributed by atoms with E-state index in [1.165, 1.54) is 7.11 Å². The summed E-state index contributed by atoms with van der Waals surface area (Å²) in [6.45, 7) is 0.334. The zero-order valence-corrected chi connectivity index (χ0v) is 12.1. The Kier molecular flexibility index (Phi) is 6.48. The predicted molar refractivity (Wildman–Crippen MR) is 76.2 cm³/mol. The number of ether oxygens (including phenoxy) is 2. The van der Waals surface area contributed by atoms with Gasteiger partial charge in [-0.15, -0.1) is 0 Å². The molecule has 0 radical (unpaired) electrons. The number of benzene rings is 1. The summed E-state index contributed by atoms with van der Waals surface area (Å²) in [6, 6.07) is 4.61. The lowest BCUT2D eigenvalue weighted by Crippen LogP contribution is -2.41. The Morgan fingerprint density at radius 2 is 2.05 bits per heavy atom. The molecule has 0 saturated heterocycles. The van der Waals surface area contributed by atoms with Crippen LogP contribution in [0.3, 0.4) is 0 Å². The lowest BCUT2D eigenvalue weighted by atomic mass is 10.1. The van der Waals surface area contributed by atoms with Crippen molar-refractivity contribution in [3.8, 4) is 11.5 Å². The first-order valence-corrected chi connectivity index (χ1v) is 6.43. The number of methoxy groups -OCH3 is 2. The molecule has 1 aromatic carbocycles. The van der Waals surface area contributed by atoms with E-state index in [1.807, 2.05) is 0 Å². The molecule has 7 nitrogen and oxygen atoms in total. The van der Waals surface area contributed by atoms with Gasteiger partial charge >= 0.3 is 5.97 Å². The normalized spacial score (nSPS) is 11.7. The Bertz CT molecular complexity index is 504. The average Bonchev–Trinajstić information content (AvgIpc) is 2.46. The highest BCUT2D eigenvalue weighted by molar-refractivity contribution is 5.80. The number of carbonyl (C=O) groups is 2. The van der Waals surface area contributed by atoms with Gasteiger partial charge in [-0.05, 0) is 12.5 Å². The summed E-state index contributed by atoms with van der Waals surface area (Å²) >= 11 is 0. The van der Waals surface area contributed by atoms with Gasteiger partial charge < -0.3 is 25.6 Å². The topological polar surface area (TPSA) is 111 Å². The van der Waals surface area contributed by atoms with Crippen molar-refractivity contribution in [2.75, 3.05) is 14.2 Å². The van der Waals surface area contributed by atoms with Gasteiger partial charge in [0.1, 0.15) is 11.5 Å². The second-order valence-corrected chi connectivity index (χ2v) is 4.45. The summed E-state index contributed by atoms with van der Waals surface area (Å²) in [5.41, 5.74) is 6.08. The van der Waals surface area contributed by atoms with Crippen molar-refractivity contribution in [1.82, 2.24) is 5.32 Å². The fourth-order valence-electron chi connectivity index (χ4n) is 1.84. The average molecular weight is 296 g/mol. The summed E-state index contributed by atoms with van der Waals surface area (Å²) in [7, 11) is 3.09. The Balaban J connectivity index is 2.71. The molecule has 4 N–H and O–H groups in total. The molecule has 0 unspecified atom stereocenters. The van der Waals surface area contributed by atoms with E-state index in [9.17, 15) is 9.59 Å². The van der Waals surface area contributed by atoms with Gasteiger partial charge in [0.2, 0.25) is 5.91 Å². The quantitative estimate of drug-likeness (QED) is 0.612. The monoisotopic (exact) mass is 296 g/mol. The third kappa shape index (κ3) is 5.31. The van der Waals surface area contributed by atoms with E-state index < -0.39 is 17.9 Å². The minimum absolute atomic E-state index is 0.125. The third-order valence-electron chi connectivity index (χ3n) is 3.02. The van der Waals surface area contributed by atoms with Crippen molar-refractivity contribution in [3.05, 3.63) is 23.8 Å². The van der Waals surface area contributed by atoms with Gasteiger partial charge in [-0.25, -0.2) is 0 Å². The first-order valence-electron chi connectivity index (χ1n) is 6.43. The Morgan fingerprint density at radius 3 is 2.57 bits per heavy atom. The van der Waals surface area contributed by atoms with Crippen LogP contribution in [-0.4, -0.2) is 37.2 Å². The van der Waals surface area contributed by atoms with Crippen LogP contribution in [0.1, 0.15) is 18.4 Å². The maximum absolute atomic E-state index is 11.3. The highest BCUT2D eigenvalue weighted by Crippen LogP contribution is 2.24. The minimum Gasteiger partial charge on any atom is -0.497 e. The summed E-state index contributed by atoms with van der Waals surface area (Å²) in [4.78, 5) is 21.9. The zero-order chi connectivity index (χ0) is 15.8. The maximum Gasteiger partial charge on any atom is 0.303 e. The van der Waals surface area contributed by atoms with Crippen molar-refractivity contribution in [3.63, 3.8) is 0 Å². The number of carboxylic acids is 1. The van der Waals surface area contributed by atoms with Gasteiger partial charge in [0, 0.05) is 24.6 Å². The van der Waals surface area contributed by atoms with Gasteiger partial charge in [-0.2, -0.15) is 0 Å². The van der Waals surface area contributed by atoms with Crippen molar-refractivity contribution in [2.24, 2.45) is 5.73 Å². The van der Waals surface area contributed by atoms with Crippen LogP contribution in [-0.2, 0) is 16.1 Å². The molecule has 0 fully saturated rings. The number of primary amides is 1. The SMILES string of the molecule is COc1ccc(CN[C@@H](CCC(=O)O)C(N)=O)c(OC)c1. The van der Waals surface area contributed by atoms with Gasteiger partial charge in [0.25, 0.3) is 0 Å². The smallest absolute Gasteiger partial charge is 0.303 e. The molecule has 1 atom stereocenters. The second kappa shape index (κ2) is 8.11. The van der Waals surface area contributed by atoms with Crippen molar-refractivity contribution in [2.45, 2.75) is 25.4 Å². The van der Waals surface area contributed by atoms with Crippen LogP contribution >= 0.6 is 0 Å². The molecule has 0 aliphatic rings. The van der Waals surface area contributed by atoms with Crippen LogP contribution in [0.15, 0.2) is 18.2 Å². The van der Waals surface area contributed by atoms with Crippen LogP contribution in [0.4, 0.5) is 0 Å². The summed E-state index contributed by atoms with van der Waals surface area (Å²) in [5, 5.41) is 11.6. The number of nitrogens with one attached hydrogen (secondary N) is 1. The van der Waals surface area contributed by atoms with E-state index >= 15 is 0 Å². The molecule has 0 spiro atoms. The molecule has 0 bridgehead atoms. The number of hydrogen-bond donors (Lipinski definition) is 3. The molecule has 1 amide bonds. The Labute approximate surface area is 123 Å². The number of amides is 1. The van der Waals surface area contributed by atoms with Crippen LogP contribution in [0.5, 0.6) is 11.5 Å². The lowest BCUT2D eigenvalue weighted by molar-refractivity contribution is -0.137. The number of carbonyl (C=O) groups excluding carboxylic acids is 1. The molecule has 0 aliphatic heterocycles. The molecule has 1 aromatic rings. The molecule has 0 aromatic heterocycles. The standard InChI is InChI=1S/C14H20N2O5/c1-20-10-4-3-9(12(7-10)21-2)8-16-11(14(15)19)5-6-13(17)18/h3-4,7,11,16H,5-6,8H2,1-2H3,(H2,15,19)(H,17,18)/t11-/m0/s1. The highest BCUT2D eigenvalue weighted by atomic mass is 16.5. The van der Waals surface area contributed by atoms with Gasteiger partial charge in [-0.1, -0.05) is 6.07 Å². The molecular formula is C14H20N2O5. The van der Waals surface area contributed by atoms with E-state index in [4.69, 9.17) is 20.3 Å². The molecule has 0 saturated carbocycles. The van der Waals surface area contributed by atoms with Gasteiger partial charge in [0.15, 0.2) is 0 Å². The number of hydrogen-bond acceptors (Lipinski definition) is 5.